The standard InChI is InChI=1S/C43H38ClF3N4O4/c1-30-24-35(25-39(44)42(30)55-40-16-15-38(27-49-40)54-29-34-6-11-36(12-7-34)43(45,46)47)10-17-41(52)51-21-19-50(20-22-51)28-33-4-2-31(3-5-33)18-23-53-37-13-8-32(26-48)9-14-37/h2-17,24-25,27H,18-23,28-29H2,1H3. The van der Waals surface area contributed by atoms with Crippen LogP contribution in [0.2, 0.25) is 5.02 Å². The second-order valence-electron chi connectivity index (χ2n) is 13.1. The number of hydrogen-bond acceptors (Lipinski definition) is 7. The first-order valence-electron chi connectivity index (χ1n) is 17.7. The van der Waals surface area contributed by atoms with E-state index in [-0.39, 0.29) is 18.4 Å². The minimum atomic E-state index is -4.39. The Bertz CT molecular complexity index is 2100. The highest BCUT2D eigenvalue weighted by molar-refractivity contribution is 6.32. The molecule has 5 aromatic rings. The van der Waals surface area contributed by atoms with Crippen LogP contribution in [0.25, 0.3) is 6.08 Å². The maximum atomic E-state index is 13.0. The van der Waals surface area contributed by atoms with Gasteiger partial charge in [-0.2, -0.15) is 18.4 Å². The molecule has 4 aromatic carbocycles. The Hall–Kier alpha value is -5.83. The van der Waals surface area contributed by atoms with E-state index >= 15 is 0 Å². The number of halogens is 4. The molecule has 0 saturated carbocycles. The van der Waals surface area contributed by atoms with Gasteiger partial charge in [0.25, 0.3) is 0 Å². The SMILES string of the molecule is Cc1cc(C=CC(=O)N2CCN(Cc3ccc(CCOc4ccc(C#N)cc4)cc3)CC2)cc(Cl)c1Oc1ccc(OCc2ccc(C(F)(F)F)cc2)cn1. The number of aryl methyl sites for hydroxylation is 1. The molecular formula is C43H38ClF3N4O4. The first-order valence-corrected chi connectivity index (χ1v) is 18.0. The number of nitrogens with zero attached hydrogens (tertiary/aromatic N) is 4. The number of rotatable bonds is 13. The monoisotopic (exact) mass is 766 g/mol. The number of amides is 1. The summed E-state index contributed by atoms with van der Waals surface area (Å²) in [5.41, 5.74) is 4.39. The van der Waals surface area contributed by atoms with E-state index in [2.05, 4.69) is 40.2 Å². The number of carbonyl (C=O) groups excluding carboxylic acids is 1. The number of piperazine rings is 1. The third kappa shape index (κ3) is 11.1. The first kappa shape index (κ1) is 38.9. The lowest BCUT2D eigenvalue weighted by Crippen LogP contribution is -2.47. The van der Waals surface area contributed by atoms with Gasteiger partial charge in [0, 0.05) is 51.3 Å². The summed E-state index contributed by atoms with van der Waals surface area (Å²) in [5.74, 6) is 1.82. The molecule has 8 nitrogen and oxygen atoms in total. The molecule has 0 unspecified atom stereocenters. The predicted molar refractivity (Wildman–Crippen MR) is 204 cm³/mol. The molecule has 6 rings (SSSR count). The van der Waals surface area contributed by atoms with E-state index in [1.54, 1.807) is 54.6 Å². The summed E-state index contributed by atoms with van der Waals surface area (Å²) >= 11 is 6.59. The lowest BCUT2D eigenvalue weighted by molar-refractivity contribution is -0.137. The van der Waals surface area contributed by atoms with Gasteiger partial charge in [0.2, 0.25) is 11.8 Å². The first-order chi connectivity index (χ1) is 26.5. The second kappa shape index (κ2) is 18.0. The zero-order valence-electron chi connectivity index (χ0n) is 30.1. The van der Waals surface area contributed by atoms with Crippen LogP contribution in [0.4, 0.5) is 13.2 Å². The van der Waals surface area contributed by atoms with Crippen molar-refractivity contribution in [2.45, 2.75) is 32.7 Å². The molecule has 2 heterocycles. The normalized spacial score (nSPS) is 13.4. The summed E-state index contributed by atoms with van der Waals surface area (Å²) in [6, 6.07) is 29.4. The van der Waals surface area contributed by atoms with E-state index in [0.29, 0.717) is 47.3 Å². The molecule has 1 saturated heterocycles. The maximum absolute atomic E-state index is 13.0. The summed E-state index contributed by atoms with van der Waals surface area (Å²) in [4.78, 5) is 21.5. The molecule has 0 spiro atoms. The van der Waals surface area contributed by atoms with Crippen molar-refractivity contribution in [3.8, 4) is 29.2 Å². The van der Waals surface area contributed by atoms with Gasteiger partial charge < -0.3 is 19.1 Å². The Kier molecular flexibility index (Phi) is 12.7. The molecule has 0 radical (unpaired) electrons. The molecule has 0 N–H and O–H groups in total. The fourth-order valence-corrected chi connectivity index (χ4v) is 6.25. The Morgan fingerprint density at radius 2 is 1.55 bits per heavy atom. The van der Waals surface area contributed by atoms with Crippen molar-refractivity contribution >= 4 is 23.6 Å². The highest BCUT2D eigenvalue weighted by Gasteiger charge is 2.30. The quantitative estimate of drug-likeness (QED) is 0.110. The molecule has 55 heavy (non-hydrogen) atoms. The fourth-order valence-electron chi connectivity index (χ4n) is 5.94. The van der Waals surface area contributed by atoms with Gasteiger partial charge in [0.05, 0.1) is 35.0 Å². The third-order valence-electron chi connectivity index (χ3n) is 9.03. The van der Waals surface area contributed by atoms with Crippen LogP contribution in [0.3, 0.4) is 0 Å². The van der Waals surface area contributed by atoms with Gasteiger partial charge in [-0.25, -0.2) is 4.98 Å². The van der Waals surface area contributed by atoms with Crippen LogP contribution in [-0.4, -0.2) is 53.5 Å². The summed E-state index contributed by atoms with van der Waals surface area (Å²) in [5, 5.41) is 9.28. The molecule has 1 amide bonds. The van der Waals surface area contributed by atoms with Crippen molar-refractivity contribution in [3.05, 3.63) is 153 Å². The van der Waals surface area contributed by atoms with Crippen molar-refractivity contribution in [1.29, 1.82) is 5.26 Å². The van der Waals surface area contributed by atoms with Crippen molar-refractivity contribution in [1.82, 2.24) is 14.8 Å². The number of pyridine rings is 1. The molecular weight excluding hydrogens is 729 g/mol. The molecule has 0 aliphatic carbocycles. The molecule has 1 aliphatic rings. The van der Waals surface area contributed by atoms with E-state index in [1.807, 2.05) is 17.9 Å². The summed E-state index contributed by atoms with van der Waals surface area (Å²) in [6.07, 6.45) is 1.16. The molecule has 1 fully saturated rings. The van der Waals surface area contributed by atoms with E-state index in [0.717, 1.165) is 55.1 Å². The van der Waals surface area contributed by atoms with Crippen LogP contribution < -0.4 is 14.2 Å². The number of ether oxygens (including phenoxy) is 3. The summed E-state index contributed by atoms with van der Waals surface area (Å²) in [7, 11) is 0. The van der Waals surface area contributed by atoms with Crippen molar-refractivity contribution < 1.29 is 32.2 Å². The topological polar surface area (TPSA) is 87.9 Å². The smallest absolute Gasteiger partial charge is 0.416 e. The lowest BCUT2D eigenvalue weighted by Gasteiger charge is -2.34. The number of hydrogen-bond donors (Lipinski definition) is 0. The summed E-state index contributed by atoms with van der Waals surface area (Å²) in [6.45, 7) is 6.10. The molecule has 1 aromatic heterocycles. The van der Waals surface area contributed by atoms with Gasteiger partial charge in [-0.1, -0.05) is 48.0 Å². The number of aromatic nitrogens is 1. The lowest BCUT2D eigenvalue weighted by atomic mass is 10.1. The average molecular weight is 767 g/mol. The number of carbonyl (C=O) groups is 1. The highest BCUT2D eigenvalue weighted by atomic mass is 35.5. The molecule has 282 valence electrons. The Morgan fingerprint density at radius 1 is 0.873 bits per heavy atom. The van der Waals surface area contributed by atoms with E-state index in [4.69, 9.17) is 31.1 Å². The number of benzene rings is 4. The predicted octanol–water partition coefficient (Wildman–Crippen LogP) is 9.28. The zero-order chi connectivity index (χ0) is 38.8. The van der Waals surface area contributed by atoms with Crippen LogP contribution >= 0.6 is 11.6 Å². The van der Waals surface area contributed by atoms with Crippen LogP contribution in [-0.2, 0) is 30.5 Å². The van der Waals surface area contributed by atoms with E-state index in [9.17, 15) is 18.0 Å². The molecule has 0 atom stereocenters. The van der Waals surface area contributed by atoms with Gasteiger partial charge in [-0.05, 0) is 95.4 Å². The fraction of sp³-hybridized carbons (Fsp3) is 0.233. The Labute approximate surface area is 323 Å². The van der Waals surface area contributed by atoms with Crippen molar-refractivity contribution in [3.63, 3.8) is 0 Å². The highest BCUT2D eigenvalue weighted by Crippen LogP contribution is 2.34. The van der Waals surface area contributed by atoms with Crippen LogP contribution in [0, 0.1) is 18.3 Å². The van der Waals surface area contributed by atoms with Gasteiger partial charge >= 0.3 is 6.18 Å². The van der Waals surface area contributed by atoms with Crippen LogP contribution in [0.1, 0.15) is 38.9 Å². The van der Waals surface area contributed by atoms with E-state index in [1.165, 1.54) is 29.5 Å². The number of alkyl halides is 3. The number of nitriles is 1. The molecule has 0 bridgehead atoms. The van der Waals surface area contributed by atoms with Gasteiger partial charge in [-0.3, -0.25) is 9.69 Å². The third-order valence-corrected chi connectivity index (χ3v) is 9.31. The minimum Gasteiger partial charge on any atom is -0.493 e. The van der Waals surface area contributed by atoms with Gasteiger partial charge in [0.1, 0.15) is 18.1 Å². The van der Waals surface area contributed by atoms with Crippen LogP contribution in [0.15, 0.2) is 109 Å². The van der Waals surface area contributed by atoms with Gasteiger partial charge in [0.15, 0.2) is 5.75 Å². The zero-order valence-corrected chi connectivity index (χ0v) is 30.8. The molecule has 1 aliphatic heterocycles. The Morgan fingerprint density at radius 3 is 2.18 bits per heavy atom. The van der Waals surface area contributed by atoms with Crippen molar-refractivity contribution in [2.24, 2.45) is 0 Å². The summed E-state index contributed by atoms with van der Waals surface area (Å²) < 4.78 is 55.8. The maximum Gasteiger partial charge on any atom is 0.416 e. The molecule has 12 heteroatoms. The van der Waals surface area contributed by atoms with Crippen molar-refractivity contribution in [2.75, 3.05) is 32.8 Å². The average Bonchev–Trinajstić information content (AvgIpc) is 3.19. The minimum absolute atomic E-state index is 0.0637. The largest absolute Gasteiger partial charge is 0.493 e. The van der Waals surface area contributed by atoms with Crippen LogP contribution in [0.5, 0.6) is 23.1 Å². The van der Waals surface area contributed by atoms with Gasteiger partial charge in [-0.15, -0.1) is 0 Å². The Balaban J connectivity index is 0.925. The van der Waals surface area contributed by atoms with E-state index < -0.39 is 11.7 Å². The second-order valence-corrected chi connectivity index (χ2v) is 13.5.